The van der Waals surface area contributed by atoms with E-state index in [9.17, 15) is 9.50 Å². The molecule has 0 aliphatic rings. The van der Waals surface area contributed by atoms with Gasteiger partial charge in [0.05, 0.1) is 11.8 Å². The zero-order chi connectivity index (χ0) is 10.8. The number of ether oxygens (including phenoxy) is 1. The lowest BCUT2D eigenvalue weighted by Crippen LogP contribution is -2.32. The van der Waals surface area contributed by atoms with E-state index in [1.165, 1.54) is 19.4 Å². The van der Waals surface area contributed by atoms with Crippen LogP contribution in [0.5, 0.6) is 0 Å². The normalized spacial score (nSPS) is 14.1. The number of aromatic nitrogens is 1. The Hall–Kier alpha value is -1.00. The maximum absolute atomic E-state index is 13.2. The van der Waals surface area contributed by atoms with Gasteiger partial charge in [0.25, 0.3) is 0 Å². The third-order valence-electron chi connectivity index (χ3n) is 2.28. The van der Waals surface area contributed by atoms with Crippen LogP contribution in [0.15, 0.2) is 18.5 Å². The average molecular weight is 199 g/mol. The highest BCUT2D eigenvalue weighted by atomic mass is 19.1. The van der Waals surface area contributed by atoms with Gasteiger partial charge in [-0.25, -0.2) is 4.39 Å². The van der Waals surface area contributed by atoms with Crippen LogP contribution in [-0.4, -0.2) is 22.8 Å². The van der Waals surface area contributed by atoms with Gasteiger partial charge < -0.3 is 9.84 Å². The Morgan fingerprint density at radius 1 is 1.57 bits per heavy atom. The predicted octanol–water partition coefficient (Wildman–Crippen LogP) is 1.68. The molecule has 1 aromatic rings. The lowest BCUT2D eigenvalue weighted by molar-refractivity contribution is -0.0806. The highest BCUT2D eigenvalue weighted by Gasteiger charge is 2.30. The molecule has 0 amide bonds. The SMILES string of the molecule is COC(C)(C)C(O)c1ccncc1F. The number of halogens is 1. The second-order valence-electron chi connectivity index (χ2n) is 3.61. The molecule has 0 bridgehead atoms. The number of hydrogen-bond donors (Lipinski definition) is 1. The van der Waals surface area contributed by atoms with Gasteiger partial charge in [-0.15, -0.1) is 0 Å². The lowest BCUT2D eigenvalue weighted by Gasteiger charge is -2.29. The second-order valence-corrected chi connectivity index (χ2v) is 3.61. The molecule has 14 heavy (non-hydrogen) atoms. The lowest BCUT2D eigenvalue weighted by atomic mass is 9.95. The highest BCUT2D eigenvalue weighted by Crippen LogP contribution is 2.29. The monoisotopic (exact) mass is 199 g/mol. The van der Waals surface area contributed by atoms with Crippen LogP contribution in [0.4, 0.5) is 4.39 Å². The predicted molar refractivity (Wildman–Crippen MR) is 50.2 cm³/mol. The molecule has 4 heteroatoms. The smallest absolute Gasteiger partial charge is 0.147 e. The van der Waals surface area contributed by atoms with Crippen molar-refractivity contribution in [3.63, 3.8) is 0 Å². The van der Waals surface area contributed by atoms with Crippen molar-refractivity contribution in [3.05, 3.63) is 29.8 Å². The van der Waals surface area contributed by atoms with Crippen LogP contribution in [0.1, 0.15) is 25.5 Å². The van der Waals surface area contributed by atoms with Crippen molar-refractivity contribution in [2.45, 2.75) is 25.6 Å². The summed E-state index contributed by atoms with van der Waals surface area (Å²) in [7, 11) is 1.47. The fourth-order valence-corrected chi connectivity index (χ4v) is 1.09. The van der Waals surface area contributed by atoms with Gasteiger partial charge in [0.2, 0.25) is 0 Å². The van der Waals surface area contributed by atoms with Crippen molar-refractivity contribution in [1.82, 2.24) is 4.98 Å². The summed E-state index contributed by atoms with van der Waals surface area (Å²) in [4.78, 5) is 3.61. The summed E-state index contributed by atoms with van der Waals surface area (Å²) in [5.74, 6) is -0.523. The molecule has 1 atom stereocenters. The van der Waals surface area contributed by atoms with E-state index in [4.69, 9.17) is 4.74 Å². The zero-order valence-electron chi connectivity index (χ0n) is 8.49. The maximum atomic E-state index is 13.2. The zero-order valence-corrected chi connectivity index (χ0v) is 8.49. The van der Waals surface area contributed by atoms with Crippen LogP contribution in [0, 0.1) is 5.82 Å². The van der Waals surface area contributed by atoms with Crippen molar-refractivity contribution in [3.8, 4) is 0 Å². The van der Waals surface area contributed by atoms with E-state index in [0.29, 0.717) is 0 Å². The first-order valence-electron chi connectivity index (χ1n) is 4.31. The minimum Gasteiger partial charge on any atom is -0.385 e. The molecular formula is C10H14FNO2. The van der Waals surface area contributed by atoms with E-state index >= 15 is 0 Å². The fraction of sp³-hybridized carbons (Fsp3) is 0.500. The molecular weight excluding hydrogens is 185 g/mol. The molecule has 0 saturated carbocycles. The summed E-state index contributed by atoms with van der Waals surface area (Å²) in [6.45, 7) is 3.38. The molecule has 0 aromatic carbocycles. The minimum absolute atomic E-state index is 0.201. The Kier molecular flexibility index (Phi) is 3.18. The number of nitrogens with zero attached hydrogens (tertiary/aromatic N) is 1. The molecule has 0 aliphatic heterocycles. The van der Waals surface area contributed by atoms with E-state index in [1.807, 2.05) is 0 Å². The summed E-state index contributed by atoms with van der Waals surface area (Å²) in [5.41, 5.74) is -0.616. The van der Waals surface area contributed by atoms with Crippen molar-refractivity contribution in [2.75, 3.05) is 7.11 Å². The van der Waals surface area contributed by atoms with Crippen molar-refractivity contribution in [1.29, 1.82) is 0 Å². The molecule has 1 unspecified atom stereocenters. The minimum atomic E-state index is -1.00. The molecule has 0 spiro atoms. The largest absolute Gasteiger partial charge is 0.385 e. The third kappa shape index (κ3) is 2.08. The Morgan fingerprint density at radius 3 is 2.71 bits per heavy atom. The van der Waals surface area contributed by atoms with Crippen LogP contribution in [-0.2, 0) is 4.74 Å². The van der Waals surface area contributed by atoms with E-state index in [0.717, 1.165) is 6.20 Å². The number of hydrogen-bond acceptors (Lipinski definition) is 3. The van der Waals surface area contributed by atoms with Crippen LogP contribution in [0.25, 0.3) is 0 Å². The van der Waals surface area contributed by atoms with Gasteiger partial charge in [-0.1, -0.05) is 0 Å². The van der Waals surface area contributed by atoms with Gasteiger partial charge in [-0.05, 0) is 19.9 Å². The summed E-state index contributed by atoms with van der Waals surface area (Å²) >= 11 is 0. The van der Waals surface area contributed by atoms with Gasteiger partial charge in [0.1, 0.15) is 11.9 Å². The Balaban J connectivity index is 3.00. The number of aliphatic hydroxyl groups is 1. The van der Waals surface area contributed by atoms with Gasteiger partial charge in [-0.2, -0.15) is 0 Å². The quantitative estimate of drug-likeness (QED) is 0.805. The van der Waals surface area contributed by atoms with Gasteiger partial charge in [0.15, 0.2) is 0 Å². The van der Waals surface area contributed by atoms with Gasteiger partial charge >= 0.3 is 0 Å². The maximum Gasteiger partial charge on any atom is 0.147 e. The summed E-state index contributed by atoms with van der Waals surface area (Å²) in [5, 5.41) is 9.84. The molecule has 0 fully saturated rings. The summed E-state index contributed by atoms with van der Waals surface area (Å²) in [6, 6.07) is 1.45. The first-order chi connectivity index (χ1) is 6.49. The average Bonchev–Trinajstić information content (AvgIpc) is 2.17. The van der Waals surface area contributed by atoms with Crippen LogP contribution >= 0.6 is 0 Å². The Morgan fingerprint density at radius 2 is 2.21 bits per heavy atom. The fourth-order valence-electron chi connectivity index (χ4n) is 1.09. The Labute approximate surface area is 82.5 Å². The first-order valence-corrected chi connectivity index (χ1v) is 4.31. The van der Waals surface area contributed by atoms with Crippen molar-refractivity contribution >= 4 is 0 Å². The van der Waals surface area contributed by atoms with E-state index < -0.39 is 17.5 Å². The molecule has 3 nitrogen and oxygen atoms in total. The van der Waals surface area contributed by atoms with E-state index in [-0.39, 0.29) is 5.56 Å². The first kappa shape index (κ1) is 11.1. The molecule has 1 rings (SSSR count). The topological polar surface area (TPSA) is 42.4 Å². The molecule has 0 radical (unpaired) electrons. The summed E-state index contributed by atoms with van der Waals surface area (Å²) < 4.78 is 18.3. The van der Waals surface area contributed by atoms with Crippen molar-refractivity contribution in [2.24, 2.45) is 0 Å². The number of methoxy groups -OCH3 is 1. The third-order valence-corrected chi connectivity index (χ3v) is 2.28. The Bertz CT molecular complexity index is 315. The molecule has 0 aliphatic carbocycles. The molecule has 1 heterocycles. The molecule has 78 valence electrons. The standard InChI is InChI=1S/C10H14FNO2/c1-10(2,14-3)9(13)7-4-5-12-6-8(7)11/h4-6,9,13H,1-3H3. The molecule has 1 N–H and O–H groups in total. The van der Waals surface area contributed by atoms with E-state index in [1.54, 1.807) is 13.8 Å². The highest BCUT2D eigenvalue weighted by molar-refractivity contribution is 5.18. The van der Waals surface area contributed by atoms with Crippen LogP contribution in [0.2, 0.25) is 0 Å². The molecule has 1 aromatic heterocycles. The number of aliphatic hydroxyl groups excluding tert-OH is 1. The van der Waals surface area contributed by atoms with E-state index in [2.05, 4.69) is 4.98 Å². The number of rotatable bonds is 3. The van der Waals surface area contributed by atoms with Crippen LogP contribution in [0.3, 0.4) is 0 Å². The van der Waals surface area contributed by atoms with Crippen LogP contribution < -0.4 is 0 Å². The number of pyridine rings is 1. The van der Waals surface area contributed by atoms with Gasteiger partial charge in [0, 0.05) is 18.9 Å². The molecule has 0 saturated heterocycles. The van der Waals surface area contributed by atoms with Gasteiger partial charge in [-0.3, -0.25) is 4.98 Å². The second kappa shape index (κ2) is 4.02. The van der Waals surface area contributed by atoms with Crippen molar-refractivity contribution < 1.29 is 14.2 Å². The summed E-state index contributed by atoms with van der Waals surface area (Å²) in [6.07, 6.45) is 1.51.